The quantitative estimate of drug-likeness (QED) is 0.456. The van der Waals surface area contributed by atoms with Crippen molar-refractivity contribution in [3.63, 3.8) is 0 Å². The van der Waals surface area contributed by atoms with Gasteiger partial charge < -0.3 is 9.72 Å². The maximum absolute atomic E-state index is 13.5. The minimum Gasteiger partial charge on any atom is -0.493 e. The summed E-state index contributed by atoms with van der Waals surface area (Å²) in [4.78, 5) is 46.2. The molecule has 1 aromatic carbocycles. The fraction of sp³-hybridized carbons (Fsp3) is 0.167. The fourth-order valence-electron chi connectivity index (χ4n) is 3.55. The molecule has 9 heteroatoms. The standard InChI is InChI=1S/C24H19ClN4O4/c25-17-6-15(7-19(9-17)33-13-14-3-4-14)20-8-16(21-11-27-24(32)28-22(21)30)12-29(23(20)31)18-2-1-5-26-10-18/h1-2,5-12,14H,3-4,13H2,(H2,27,28,30,32). The maximum Gasteiger partial charge on any atom is 0.325 e. The molecule has 0 aliphatic heterocycles. The first-order valence-electron chi connectivity index (χ1n) is 10.4. The van der Waals surface area contributed by atoms with E-state index < -0.39 is 11.2 Å². The van der Waals surface area contributed by atoms with E-state index in [4.69, 9.17) is 16.3 Å². The van der Waals surface area contributed by atoms with Gasteiger partial charge in [0.25, 0.3) is 11.1 Å². The van der Waals surface area contributed by atoms with Gasteiger partial charge in [0.05, 0.1) is 24.1 Å². The highest BCUT2D eigenvalue weighted by atomic mass is 35.5. The van der Waals surface area contributed by atoms with Gasteiger partial charge in [-0.3, -0.25) is 24.1 Å². The number of rotatable bonds is 6. The topological polar surface area (TPSA) is 110 Å². The Morgan fingerprint density at radius 3 is 2.67 bits per heavy atom. The van der Waals surface area contributed by atoms with Crippen molar-refractivity contribution in [1.29, 1.82) is 0 Å². The minimum atomic E-state index is -0.614. The molecule has 0 bridgehead atoms. The maximum atomic E-state index is 13.5. The smallest absolute Gasteiger partial charge is 0.325 e. The van der Waals surface area contributed by atoms with Crippen LogP contribution >= 0.6 is 11.6 Å². The Morgan fingerprint density at radius 2 is 1.94 bits per heavy atom. The lowest BCUT2D eigenvalue weighted by molar-refractivity contribution is 0.300. The molecule has 4 aromatic rings. The molecule has 0 spiro atoms. The summed E-state index contributed by atoms with van der Waals surface area (Å²) >= 11 is 6.35. The number of nitrogens with one attached hydrogen (secondary N) is 2. The average molecular weight is 463 g/mol. The number of ether oxygens (including phenoxy) is 1. The predicted molar refractivity (Wildman–Crippen MR) is 125 cm³/mol. The molecule has 2 N–H and O–H groups in total. The minimum absolute atomic E-state index is 0.209. The third-order valence-corrected chi connectivity index (χ3v) is 5.65. The molecular weight excluding hydrogens is 444 g/mol. The first kappa shape index (κ1) is 21.0. The van der Waals surface area contributed by atoms with Crippen molar-refractivity contribution < 1.29 is 4.74 Å². The van der Waals surface area contributed by atoms with Gasteiger partial charge in [-0.1, -0.05) is 11.6 Å². The Bertz CT molecular complexity index is 1500. The van der Waals surface area contributed by atoms with Crippen molar-refractivity contribution >= 4 is 11.6 Å². The number of nitrogens with zero attached hydrogens (tertiary/aromatic N) is 2. The van der Waals surface area contributed by atoms with Crippen LogP contribution in [0, 0.1) is 5.92 Å². The van der Waals surface area contributed by atoms with Gasteiger partial charge in [-0.2, -0.15) is 0 Å². The highest BCUT2D eigenvalue weighted by molar-refractivity contribution is 6.31. The number of hydrogen-bond acceptors (Lipinski definition) is 5. The van der Waals surface area contributed by atoms with E-state index in [2.05, 4.69) is 15.0 Å². The van der Waals surface area contributed by atoms with Gasteiger partial charge in [0.1, 0.15) is 5.75 Å². The van der Waals surface area contributed by atoms with Gasteiger partial charge >= 0.3 is 5.69 Å². The lowest BCUT2D eigenvalue weighted by Crippen LogP contribution is -2.24. The van der Waals surface area contributed by atoms with Crippen LogP contribution in [0.2, 0.25) is 5.02 Å². The van der Waals surface area contributed by atoms with Crippen LogP contribution in [-0.2, 0) is 0 Å². The molecule has 166 valence electrons. The van der Waals surface area contributed by atoms with Crippen molar-refractivity contribution in [2.75, 3.05) is 6.61 Å². The normalized spacial score (nSPS) is 13.1. The van der Waals surface area contributed by atoms with E-state index in [1.807, 2.05) is 0 Å². The second-order valence-corrected chi connectivity index (χ2v) is 8.38. The van der Waals surface area contributed by atoms with E-state index in [0.29, 0.717) is 45.7 Å². The van der Waals surface area contributed by atoms with Crippen molar-refractivity contribution in [3.8, 4) is 33.7 Å². The van der Waals surface area contributed by atoms with Crippen LogP contribution in [0.1, 0.15) is 12.8 Å². The van der Waals surface area contributed by atoms with E-state index in [9.17, 15) is 14.4 Å². The highest BCUT2D eigenvalue weighted by Gasteiger charge is 2.22. The van der Waals surface area contributed by atoms with Gasteiger partial charge in [-0.05, 0) is 60.7 Å². The summed E-state index contributed by atoms with van der Waals surface area (Å²) in [5.41, 5.74) is 0.547. The Labute approximate surface area is 192 Å². The van der Waals surface area contributed by atoms with E-state index in [1.54, 1.807) is 55.0 Å². The fourth-order valence-corrected chi connectivity index (χ4v) is 3.77. The molecule has 0 amide bonds. The molecule has 0 radical (unpaired) electrons. The first-order chi connectivity index (χ1) is 16.0. The summed E-state index contributed by atoms with van der Waals surface area (Å²) in [6, 6.07) is 10.2. The number of H-pyrrole nitrogens is 2. The second kappa shape index (κ2) is 8.55. The van der Waals surface area contributed by atoms with Gasteiger partial charge in [0, 0.05) is 34.7 Å². The molecule has 1 aliphatic rings. The Hall–Kier alpha value is -3.91. The van der Waals surface area contributed by atoms with Crippen LogP contribution in [-0.4, -0.2) is 26.1 Å². The van der Waals surface area contributed by atoms with Crippen LogP contribution < -0.4 is 21.5 Å². The lowest BCUT2D eigenvalue weighted by atomic mass is 10.0. The zero-order valence-electron chi connectivity index (χ0n) is 17.4. The molecule has 0 atom stereocenters. The largest absolute Gasteiger partial charge is 0.493 e. The summed E-state index contributed by atoms with van der Waals surface area (Å²) in [6.45, 7) is 0.604. The van der Waals surface area contributed by atoms with E-state index in [0.717, 1.165) is 12.8 Å². The van der Waals surface area contributed by atoms with Gasteiger partial charge in [-0.25, -0.2) is 4.79 Å². The summed E-state index contributed by atoms with van der Waals surface area (Å²) in [5.74, 6) is 1.13. The SMILES string of the molecule is O=c1[nH]cc(-c2cc(-c3cc(Cl)cc(OCC4CC4)c3)c(=O)n(-c3cccnc3)c2)c(=O)[nH]1. The second-order valence-electron chi connectivity index (χ2n) is 7.94. The molecule has 5 rings (SSSR count). The third-order valence-electron chi connectivity index (χ3n) is 5.44. The highest BCUT2D eigenvalue weighted by Crippen LogP contribution is 2.32. The monoisotopic (exact) mass is 462 g/mol. The molecule has 1 aliphatic carbocycles. The summed E-state index contributed by atoms with van der Waals surface area (Å²) < 4.78 is 7.29. The first-order valence-corrected chi connectivity index (χ1v) is 10.8. The Morgan fingerprint density at radius 1 is 1.09 bits per heavy atom. The molecule has 3 heterocycles. The van der Waals surface area contributed by atoms with E-state index >= 15 is 0 Å². The molecule has 0 unspecified atom stereocenters. The number of aromatic nitrogens is 4. The number of halogens is 1. The Balaban J connectivity index is 1.70. The number of benzene rings is 1. The third kappa shape index (κ3) is 4.51. The molecule has 8 nitrogen and oxygen atoms in total. The van der Waals surface area contributed by atoms with Crippen LogP contribution in [0.4, 0.5) is 0 Å². The van der Waals surface area contributed by atoms with Crippen LogP contribution in [0.3, 0.4) is 0 Å². The molecule has 1 fully saturated rings. The zero-order chi connectivity index (χ0) is 22.9. The number of pyridine rings is 2. The van der Waals surface area contributed by atoms with Crippen LogP contribution in [0.15, 0.2) is 75.6 Å². The van der Waals surface area contributed by atoms with E-state index in [1.165, 1.54) is 10.8 Å². The molecule has 33 heavy (non-hydrogen) atoms. The van der Waals surface area contributed by atoms with Gasteiger partial charge in [-0.15, -0.1) is 0 Å². The predicted octanol–water partition coefficient (Wildman–Crippen LogP) is 3.39. The number of aromatic amines is 2. The summed E-state index contributed by atoms with van der Waals surface area (Å²) in [7, 11) is 0. The van der Waals surface area contributed by atoms with Crippen molar-refractivity contribution in [3.05, 3.63) is 97.4 Å². The molecule has 1 saturated carbocycles. The van der Waals surface area contributed by atoms with Crippen LogP contribution in [0.5, 0.6) is 5.75 Å². The van der Waals surface area contributed by atoms with Gasteiger partial charge in [0.15, 0.2) is 0 Å². The Kier molecular flexibility index (Phi) is 5.43. The summed E-state index contributed by atoms with van der Waals surface area (Å²) in [6.07, 6.45) is 8.32. The van der Waals surface area contributed by atoms with Crippen molar-refractivity contribution in [1.82, 2.24) is 19.5 Å². The van der Waals surface area contributed by atoms with Crippen LogP contribution in [0.25, 0.3) is 27.9 Å². The van der Waals surface area contributed by atoms with Crippen molar-refractivity contribution in [2.45, 2.75) is 12.8 Å². The zero-order valence-corrected chi connectivity index (χ0v) is 18.1. The van der Waals surface area contributed by atoms with Crippen molar-refractivity contribution in [2.24, 2.45) is 5.92 Å². The van der Waals surface area contributed by atoms with Gasteiger partial charge in [0.2, 0.25) is 0 Å². The molecule has 3 aromatic heterocycles. The average Bonchev–Trinajstić information content (AvgIpc) is 3.63. The number of hydrogen-bond donors (Lipinski definition) is 2. The summed E-state index contributed by atoms with van der Waals surface area (Å²) in [5, 5.41) is 0.429. The molecule has 0 saturated heterocycles. The lowest BCUT2D eigenvalue weighted by Gasteiger charge is -2.13. The molecular formula is C24H19ClN4O4. The van der Waals surface area contributed by atoms with E-state index in [-0.39, 0.29) is 11.1 Å².